The van der Waals surface area contributed by atoms with Crippen LogP contribution >= 0.6 is 0 Å². The van der Waals surface area contributed by atoms with Crippen LogP contribution in [0.3, 0.4) is 0 Å². The summed E-state index contributed by atoms with van der Waals surface area (Å²) in [6.45, 7) is 3.84. The number of ether oxygens (including phenoxy) is 1. The van der Waals surface area contributed by atoms with Gasteiger partial charge in [-0.05, 0) is 13.5 Å². The van der Waals surface area contributed by atoms with Crippen molar-refractivity contribution in [1.82, 2.24) is 5.32 Å². The van der Waals surface area contributed by atoms with Gasteiger partial charge in [0, 0.05) is 19.4 Å². The fraction of sp³-hybridized carbons (Fsp3) is 0.778. The average molecular weight is 198 g/mol. The molecule has 0 saturated carbocycles. The Balaban J connectivity index is 1.95. The van der Waals surface area contributed by atoms with Gasteiger partial charge in [-0.3, -0.25) is 0 Å². The number of esters is 1. The van der Waals surface area contributed by atoms with Crippen molar-refractivity contribution in [3.63, 3.8) is 0 Å². The largest absolute Gasteiger partial charge is 0.461 e. The van der Waals surface area contributed by atoms with Crippen LogP contribution in [-0.2, 0) is 14.4 Å². The molecule has 14 heavy (non-hydrogen) atoms. The summed E-state index contributed by atoms with van der Waals surface area (Å²) < 4.78 is 4.86. The first kappa shape index (κ1) is 9.45. The lowest BCUT2D eigenvalue weighted by Crippen LogP contribution is -2.33. The molecule has 0 aromatic heterocycles. The van der Waals surface area contributed by atoms with Crippen LogP contribution in [-0.4, -0.2) is 37.0 Å². The number of hydrogen-bond donors (Lipinski definition) is 1. The molecular weight excluding hydrogens is 184 g/mol. The van der Waals surface area contributed by atoms with E-state index in [2.05, 4.69) is 10.5 Å². The SMILES string of the molecule is CCOC(=O)C1=NOC2(CCNC2)C1. The maximum atomic E-state index is 11.3. The number of rotatable bonds is 2. The van der Waals surface area contributed by atoms with Gasteiger partial charge in [-0.15, -0.1) is 0 Å². The Morgan fingerprint density at radius 1 is 1.79 bits per heavy atom. The Kier molecular flexibility index (Phi) is 2.41. The molecule has 0 bridgehead atoms. The number of oxime groups is 1. The lowest BCUT2D eigenvalue weighted by molar-refractivity contribution is -0.135. The zero-order chi connectivity index (χ0) is 10.0. The Morgan fingerprint density at radius 2 is 2.64 bits per heavy atom. The van der Waals surface area contributed by atoms with Crippen molar-refractivity contribution in [2.45, 2.75) is 25.4 Å². The van der Waals surface area contributed by atoms with E-state index >= 15 is 0 Å². The van der Waals surface area contributed by atoms with E-state index in [9.17, 15) is 4.79 Å². The van der Waals surface area contributed by atoms with Crippen LogP contribution in [0, 0.1) is 0 Å². The second-order valence-electron chi connectivity index (χ2n) is 3.64. The van der Waals surface area contributed by atoms with E-state index in [4.69, 9.17) is 9.57 Å². The van der Waals surface area contributed by atoms with E-state index in [1.807, 2.05) is 0 Å². The molecule has 1 atom stereocenters. The summed E-state index contributed by atoms with van der Waals surface area (Å²) >= 11 is 0. The average Bonchev–Trinajstić information content (AvgIpc) is 2.78. The molecule has 5 heteroatoms. The van der Waals surface area contributed by atoms with Crippen LogP contribution in [0.2, 0.25) is 0 Å². The minimum Gasteiger partial charge on any atom is -0.461 e. The van der Waals surface area contributed by atoms with Gasteiger partial charge in [-0.2, -0.15) is 0 Å². The van der Waals surface area contributed by atoms with Gasteiger partial charge in [0.1, 0.15) is 0 Å². The summed E-state index contributed by atoms with van der Waals surface area (Å²) in [7, 11) is 0. The standard InChI is InChI=1S/C9H14N2O3/c1-2-13-8(12)7-5-9(14-11-7)3-4-10-6-9/h10H,2-6H2,1H3. The fourth-order valence-electron chi connectivity index (χ4n) is 1.80. The normalized spacial score (nSPS) is 30.2. The first-order valence-corrected chi connectivity index (χ1v) is 4.89. The molecule has 1 N–H and O–H groups in total. The molecule has 0 aromatic rings. The van der Waals surface area contributed by atoms with Gasteiger partial charge in [0.2, 0.25) is 0 Å². The molecule has 2 heterocycles. The molecule has 1 fully saturated rings. The smallest absolute Gasteiger partial charge is 0.356 e. The fourth-order valence-corrected chi connectivity index (χ4v) is 1.80. The van der Waals surface area contributed by atoms with Crippen molar-refractivity contribution >= 4 is 11.7 Å². The molecule has 2 aliphatic rings. The molecule has 0 aromatic carbocycles. The number of nitrogens with one attached hydrogen (secondary N) is 1. The van der Waals surface area contributed by atoms with E-state index in [-0.39, 0.29) is 11.6 Å². The summed E-state index contributed by atoms with van der Waals surface area (Å²) in [6, 6.07) is 0. The zero-order valence-electron chi connectivity index (χ0n) is 8.21. The summed E-state index contributed by atoms with van der Waals surface area (Å²) in [5.74, 6) is -0.351. The van der Waals surface area contributed by atoms with E-state index in [0.717, 1.165) is 19.5 Å². The van der Waals surface area contributed by atoms with E-state index in [1.165, 1.54) is 0 Å². The molecule has 1 saturated heterocycles. The van der Waals surface area contributed by atoms with Gasteiger partial charge in [0.25, 0.3) is 0 Å². The third-order valence-electron chi connectivity index (χ3n) is 2.55. The van der Waals surface area contributed by atoms with Crippen LogP contribution in [0.25, 0.3) is 0 Å². The van der Waals surface area contributed by atoms with Gasteiger partial charge in [0.05, 0.1) is 6.61 Å². The quantitative estimate of drug-likeness (QED) is 0.637. The van der Waals surface area contributed by atoms with Crippen molar-refractivity contribution < 1.29 is 14.4 Å². The number of nitrogens with zero attached hydrogens (tertiary/aromatic N) is 1. The predicted octanol–water partition coefficient (Wildman–Crippen LogP) is 0.0579. The predicted molar refractivity (Wildman–Crippen MR) is 50.0 cm³/mol. The minimum absolute atomic E-state index is 0.276. The van der Waals surface area contributed by atoms with Crippen molar-refractivity contribution in [1.29, 1.82) is 0 Å². The third-order valence-corrected chi connectivity index (χ3v) is 2.55. The van der Waals surface area contributed by atoms with Gasteiger partial charge in [0.15, 0.2) is 11.3 Å². The lowest BCUT2D eigenvalue weighted by Gasteiger charge is -2.17. The van der Waals surface area contributed by atoms with E-state index in [1.54, 1.807) is 6.92 Å². The molecular formula is C9H14N2O3. The van der Waals surface area contributed by atoms with Gasteiger partial charge in [-0.25, -0.2) is 4.79 Å². The molecule has 2 aliphatic heterocycles. The lowest BCUT2D eigenvalue weighted by atomic mass is 9.97. The van der Waals surface area contributed by atoms with Crippen molar-refractivity contribution in [2.75, 3.05) is 19.7 Å². The maximum Gasteiger partial charge on any atom is 0.356 e. The first-order chi connectivity index (χ1) is 6.76. The van der Waals surface area contributed by atoms with Crippen molar-refractivity contribution in [3.05, 3.63) is 0 Å². The minimum atomic E-state index is -0.351. The highest BCUT2D eigenvalue weighted by Gasteiger charge is 2.43. The molecule has 78 valence electrons. The van der Waals surface area contributed by atoms with E-state index in [0.29, 0.717) is 18.7 Å². The van der Waals surface area contributed by atoms with Gasteiger partial charge >= 0.3 is 5.97 Å². The highest BCUT2D eigenvalue weighted by Crippen LogP contribution is 2.29. The Labute approximate surface area is 82.4 Å². The number of hydrogen-bond acceptors (Lipinski definition) is 5. The second-order valence-corrected chi connectivity index (χ2v) is 3.64. The topological polar surface area (TPSA) is 59.9 Å². The zero-order valence-corrected chi connectivity index (χ0v) is 8.21. The van der Waals surface area contributed by atoms with Crippen molar-refractivity contribution in [2.24, 2.45) is 5.16 Å². The number of carbonyl (C=O) groups excluding carboxylic acids is 1. The van der Waals surface area contributed by atoms with Gasteiger partial charge in [-0.1, -0.05) is 5.16 Å². The van der Waals surface area contributed by atoms with Crippen LogP contribution in [0.1, 0.15) is 19.8 Å². The molecule has 0 radical (unpaired) electrons. The van der Waals surface area contributed by atoms with Crippen molar-refractivity contribution in [3.8, 4) is 0 Å². The van der Waals surface area contributed by atoms with Gasteiger partial charge < -0.3 is 14.9 Å². The molecule has 1 spiro atoms. The Morgan fingerprint density at radius 3 is 3.29 bits per heavy atom. The maximum absolute atomic E-state index is 11.3. The highest BCUT2D eigenvalue weighted by atomic mass is 16.7. The molecule has 0 amide bonds. The Hall–Kier alpha value is -1.10. The molecule has 0 aliphatic carbocycles. The van der Waals surface area contributed by atoms with Crippen LogP contribution < -0.4 is 5.32 Å². The molecule has 5 nitrogen and oxygen atoms in total. The Bertz CT molecular complexity index is 269. The second kappa shape index (κ2) is 3.57. The monoisotopic (exact) mass is 198 g/mol. The summed E-state index contributed by atoms with van der Waals surface area (Å²) in [5, 5.41) is 6.99. The van der Waals surface area contributed by atoms with E-state index < -0.39 is 0 Å². The number of carbonyl (C=O) groups is 1. The molecule has 2 rings (SSSR count). The summed E-state index contributed by atoms with van der Waals surface area (Å²) in [4.78, 5) is 16.6. The van der Waals surface area contributed by atoms with Crippen LogP contribution in [0.4, 0.5) is 0 Å². The first-order valence-electron chi connectivity index (χ1n) is 4.89. The summed E-state index contributed by atoms with van der Waals surface area (Å²) in [5.41, 5.74) is 0.137. The highest BCUT2D eigenvalue weighted by molar-refractivity contribution is 6.36. The third kappa shape index (κ3) is 1.59. The molecule has 1 unspecified atom stereocenters. The van der Waals surface area contributed by atoms with Crippen LogP contribution in [0.5, 0.6) is 0 Å². The van der Waals surface area contributed by atoms with Crippen LogP contribution in [0.15, 0.2) is 5.16 Å². The summed E-state index contributed by atoms with van der Waals surface area (Å²) in [6.07, 6.45) is 1.47.